The van der Waals surface area contributed by atoms with Gasteiger partial charge in [-0.25, -0.2) is 0 Å². The van der Waals surface area contributed by atoms with E-state index in [-0.39, 0.29) is 0 Å². The molecule has 2 nitrogen and oxygen atoms in total. The minimum absolute atomic E-state index is 0.475. The van der Waals surface area contributed by atoms with Gasteiger partial charge in [-0.1, -0.05) is 19.3 Å². The summed E-state index contributed by atoms with van der Waals surface area (Å²) in [6.45, 7) is 2.01. The summed E-state index contributed by atoms with van der Waals surface area (Å²) in [5.41, 5.74) is -2.32. The van der Waals surface area contributed by atoms with E-state index >= 15 is 0 Å². The molecule has 0 heterocycles. The third-order valence-electron chi connectivity index (χ3n) is 3.30. The molecule has 1 aliphatic rings. The molecule has 0 aliphatic heterocycles. The van der Waals surface area contributed by atoms with Crippen LogP contribution in [0.4, 0.5) is 13.2 Å². The van der Waals surface area contributed by atoms with Gasteiger partial charge < -0.3 is 4.74 Å². The van der Waals surface area contributed by atoms with E-state index in [2.05, 4.69) is 4.74 Å². The second-order valence-corrected chi connectivity index (χ2v) is 4.53. The summed E-state index contributed by atoms with van der Waals surface area (Å²) < 4.78 is 43.5. The Bertz CT molecular complexity index is 256. The molecule has 0 spiro atoms. The van der Waals surface area contributed by atoms with Gasteiger partial charge in [-0.05, 0) is 19.8 Å². The third-order valence-corrected chi connectivity index (χ3v) is 3.30. The Morgan fingerprint density at radius 1 is 1.19 bits per heavy atom. The smallest absolute Gasteiger partial charge is 0.428 e. The first-order valence-electron chi connectivity index (χ1n) is 5.53. The van der Waals surface area contributed by atoms with Crippen LogP contribution in [0.5, 0.6) is 0 Å². The van der Waals surface area contributed by atoms with Crippen molar-refractivity contribution in [2.24, 2.45) is 5.92 Å². The van der Waals surface area contributed by atoms with Crippen molar-refractivity contribution < 1.29 is 22.7 Å². The summed E-state index contributed by atoms with van der Waals surface area (Å²) in [7, 11) is 0. The Balaban J connectivity index is 2.88. The molecule has 94 valence electrons. The molecule has 0 aromatic heterocycles. The summed E-state index contributed by atoms with van der Waals surface area (Å²) in [5.74, 6) is -1.48. The van der Waals surface area contributed by atoms with E-state index in [9.17, 15) is 18.0 Å². The van der Waals surface area contributed by atoms with Gasteiger partial charge in [0.15, 0.2) is 0 Å². The summed E-state index contributed by atoms with van der Waals surface area (Å²) in [6, 6.07) is 0. The van der Waals surface area contributed by atoms with Crippen molar-refractivity contribution in [3.05, 3.63) is 0 Å². The van der Waals surface area contributed by atoms with E-state index in [0.29, 0.717) is 12.8 Å². The van der Waals surface area contributed by atoms with Gasteiger partial charge in [-0.15, -0.1) is 0 Å². The number of esters is 1. The molecule has 0 radical (unpaired) electrons. The zero-order valence-electron chi connectivity index (χ0n) is 9.56. The molecule has 0 aromatic rings. The van der Waals surface area contributed by atoms with Crippen molar-refractivity contribution in [1.29, 1.82) is 0 Å². The summed E-state index contributed by atoms with van der Waals surface area (Å²) in [5, 5.41) is 0. The molecule has 1 rings (SSSR count). The van der Waals surface area contributed by atoms with Gasteiger partial charge in [-0.3, -0.25) is 4.79 Å². The van der Waals surface area contributed by atoms with E-state index in [0.717, 1.165) is 33.1 Å². The van der Waals surface area contributed by atoms with Crippen LogP contribution < -0.4 is 0 Å². The topological polar surface area (TPSA) is 26.3 Å². The zero-order chi connectivity index (χ0) is 12.4. The van der Waals surface area contributed by atoms with Crippen LogP contribution in [0.3, 0.4) is 0 Å². The number of hydrogen-bond acceptors (Lipinski definition) is 2. The monoisotopic (exact) mass is 238 g/mol. The van der Waals surface area contributed by atoms with Gasteiger partial charge in [0.1, 0.15) is 0 Å². The van der Waals surface area contributed by atoms with Gasteiger partial charge in [0, 0.05) is 12.8 Å². The van der Waals surface area contributed by atoms with Crippen LogP contribution in [-0.2, 0) is 9.53 Å². The van der Waals surface area contributed by atoms with Crippen molar-refractivity contribution in [3.63, 3.8) is 0 Å². The number of carbonyl (C=O) groups is 1. The molecule has 16 heavy (non-hydrogen) atoms. The predicted octanol–water partition coefficient (Wildman–Crippen LogP) is 3.45. The molecule has 0 aromatic carbocycles. The molecule has 5 heteroatoms. The first-order valence-corrected chi connectivity index (χ1v) is 5.53. The summed E-state index contributed by atoms with van der Waals surface area (Å²) in [6.07, 6.45) is -1.03. The molecule has 1 unspecified atom stereocenters. The van der Waals surface area contributed by atoms with Crippen LogP contribution in [0.25, 0.3) is 0 Å². The van der Waals surface area contributed by atoms with Crippen LogP contribution in [0.2, 0.25) is 0 Å². The van der Waals surface area contributed by atoms with Gasteiger partial charge in [0.05, 0.1) is 0 Å². The van der Waals surface area contributed by atoms with E-state index < -0.39 is 23.7 Å². The maximum absolute atomic E-state index is 13.0. The fourth-order valence-corrected chi connectivity index (χ4v) is 2.32. The van der Waals surface area contributed by atoms with E-state index in [1.165, 1.54) is 0 Å². The molecular weight excluding hydrogens is 221 g/mol. The van der Waals surface area contributed by atoms with Crippen LogP contribution >= 0.6 is 0 Å². The fourth-order valence-electron chi connectivity index (χ4n) is 2.32. The number of hydrogen-bond donors (Lipinski definition) is 0. The van der Waals surface area contributed by atoms with Crippen molar-refractivity contribution in [2.75, 3.05) is 0 Å². The van der Waals surface area contributed by atoms with Gasteiger partial charge in [0.25, 0.3) is 0 Å². The molecule has 1 atom stereocenters. The molecule has 1 aliphatic carbocycles. The second-order valence-electron chi connectivity index (χ2n) is 4.53. The molecule has 1 saturated carbocycles. The van der Waals surface area contributed by atoms with Crippen molar-refractivity contribution in [3.8, 4) is 0 Å². The molecule has 0 N–H and O–H groups in total. The average molecular weight is 238 g/mol. The highest BCUT2D eigenvalue weighted by Gasteiger charge is 2.58. The Kier molecular flexibility index (Phi) is 3.86. The minimum Gasteiger partial charge on any atom is -0.450 e. The Morgan fingerprint density at radius 2 is 1.69 bits per heavy atom. The summed E-state index contributed by atoms with van der Waals surface area (Å²) in [4.78, 5) is 10.8. The lowest BCUT2D eigenvalue weighted by Gasteiger charge is -2.40. The maximum Gasteiger partial charge on any atom is 0.428 e. The molecule has 0 amide bonds. The Hall–Kier alpha value is -0.740. The molecule has 0 bridgehead atoms. The lowest BCUT2D eigenvalue weighted by molar-refractivity contribution is -0.282. The van der Waals surface area contributed by atoms with E-state index in [4.69, 9.17) is 0 Å². The third kappa shape index (κ3) is 2.68. The largest absolute Gasteiger partial charge is 0.450 e. The number of rotatable bonds is 2. The van der Waals surface area contributed by atoms with Crippen LogP contribution in [-0.4, -0.2) is 17.7 Å². The number of carbonyl (C=O) groups excluding carboxylic acids is 1. The number of ether oxygens (including phenoxy) is 1. The first kappa shape index (κ1) is 13.3. The minimum atomic E-state index is -4.50. The molecule has 1 fully saturated rings. The summed E-state index contributed by atoms with van der Waals surface area (Å²) >= 11 is 0. The normalized spacial score (nSPS) is 22.6. The van der Waals surface area contributed by atoms with Gasteiger partial charge in [0.2, 0.25) is 5.60 Å². The highest BCUT2D eigenvalue weighted by Crippen LogP contribution is 2.45. The SMILES string of the molecule is CC(=O)OC(C)(C1CCCCC1)C(F)(F)F. The van der Waals surface area contributed by atoms with Crippen LogP contribution in [0, 0.1) is 5.92 Å². The first-order chi connectivity index (χ1) is 7.27. The van der Waals surface area contributed by atoms with Crippen LogP contribution in [0.1, 0.15) is 46.0 Å². The number of alkyl halides is 3. The average Bonchev–Trinajstić information content (AvgIpc) is 2.16. The van der Waals surface area contributed by atoms with Gasteiger partial charge in [-0.2, -0.15) is 13.2 Å². The van der Waals surface area contributed by atoms with Gasteiger partial charge >= 0.3 is 12.1 Å². The van der Waals surface area contributed by atoms with Crippen molar-refractivity contribution >= 4 is 5.97 Å². The van der Waals surface area contributed by atoms with Crippen LogP contribution in [0.15, 0.2) is 0 Å². The fraction of sp³-hybridized carbons (Fsp3) is 0.909. The molecular formula is C11H17F3O2. The Morgan fingerprint density at radius 3 is 2.06 bits per heavy atom. The van der Waals surface area contributed by atoms with Crippen molar-refractivity contribution in [2.45, 2.75) is 57.7 Å². The number of halogens is 3. The van der Waals surface area contributed by atoms with E-state index in [1.54, 1.807) is 0 Å². The lowest BCUT2D eigenvalue weighted by atomic mass is 9.77. The van der Waals surface area contributed by atoms with E-state index in [1.807, 2.05) is 0 Å². The zero-order valence-corrected chi connectivity index (χ0v) is 9.56. The quantitative estimate of drug-likeness (QED) is 0.689. The molecule has 0 saturated heterocycles. The lowest BCUT2D eigenvalue weighted by Crippen LogP contribution is -2.52. The second kappa shape index (κ2) is 4.63. The predicted molar refractivity (Wildman–Crippen MR) is 52.8 cm³/mol. The highest BCUT2D eigenvalue weighted by atomic mass is 19.4. The maximum atomic E-state index is 13.0. The van der Waals surface area contributed by atoms with Crippen molar-refractivity contribution in [1.82, 2.24) is 0 Å². The Labute approximate surface area is 93.2 Å². The highest BCUT2D eigenvalue weighted by molar-refractivity contribution is 5.66. The standard InChI is InChI=1S/C11H17F3O2/c1-8(15)16-10(2,11(12,13)14)9-6-4-3-5-7-9/h9H,3-7H2,1-2H3.